The van der Waals surface area contributed by atoms with E-state index < -0.39 is 0 Å². The number of hydrogen-bond acceptors (Lipinski definition) is 4. The lowest BCUT2D eigenvalue weighted by Crippen LogP contribution is -2.21. The smallest absolute Gasteiger partial charge is 0.191 e. The Morgan fingerprint density at radius 3 is 2.00 bits per heavy atom. The molecule has 0 fully saturated rings. The average Bonchev–Trinajstić information content (AvgIpc) is 2.63. The van der Waals surface area contributed by atoms with Crippen LogP contribution in [0.5, 0.6) is 0 Å². The van der Waals surface area contributed by atoms with Crippen LogP contribution in [0.4, 0.5) is 0 Å². The normalized spacial score (nSPS) is 13.9. The van der Waals surface area contributed by atoms with Gasteiger partial charge in [-0.15, -0.1) is 11.8 Å². The second kappa shape index (κ2) is 6.39. The number of carbonyl (C=O) groups excluding carboxylic acids is 3. The van der Waals surface area contributed by atoms with Gasteiger partial charge >= 0.3 is 0 Å². The molecule has 0 unspecified atom stereocenters. The van der Waals surface area contributed by atoms with Crippen molar-refractivity contribution in [3.63, 3.8) is 0 Å². The first kappa shape index (κ1) is 16.7. The molecule has 0 aliphatic rings. The van der Waals surface area contributed by atoms with Crippen molar-refractivity contribution in [1.29, 1.82) is 0 Å². The van der Waals surface area contributed by atoms with Crippen LogP contribution in [0.25, 0.3) is 0 Å². The summed E-state index contributed by atoms with van der Waals surface area (Å²) in [4.78, 5) is 38.3. The van der Waals surface area contributed by atoms with Gasteiger partial charge in [0.25, 0.3) is 0 Å². The van der Waals surface area contributed by atoms with Crippen LogP contribution in [0, 0.1) is 13.8 Å². The number of Topliss-reactive ketones (excluding diaryl/α,β-unsaturated/α-hetero) is 3. The molecule has 4 nitrogen and oxygen atoms in total. The first-order valence-electron chi connectivity index (χ1n) is 6.57. The lowest BCUT2D eigenvalue weighted by atomic mass is 10.0. The monoisotopic (exact) mass is 295 g/mol. The number of H-pyrrole nitrogens is 1. The molecule has 0 amide bonds. The Balaban J connectivity index is 3.01. The summed E-state index contributed by atoms with van der Waals surface area (Å²) in [5, 5.41) is -0.539. The third-order valence-electron chi connectivity index (χ3n) is 3.39. The highest BCUT2D eigenvalue weighted by Gasteiger charge is 2.25. The largest absolute Gasteiger partial charge is 0.355 e. The molecule has 0 saturated carbocycles. The van der Waals surface area contributed by atoms with E-state index in [4.69, 9.17) is 0 Å². The maximum absolute atomic E-state index is 12.4. The zero-order chi connectivity index (χ0) is 15.6. The molecule has 0 aliphatic carbocycles. The number of aryl methyl sites for hydroxylation is 1. The molecule has 0 aliphatic heterocycles. The van der Waals surface area contributed by atoms with E-state index in [-0.39, 0.29) is 27.8 Å². The standard InChI is InChI=1S/C15H21NO3S/c1-7-13(10(4)18)8(2)16-14(7)15(19)12(6)20-11(5)9(3)17/h11-12,16H,1-6H3/t11-,12+/m1/s1. The van der Waals surface area contributed by atoms with Gasteiger partial charge in [0, 0.05) is 11.3 Å². The topological polar surface area (TPSA) is 67.0 Å². The summed E-state index contributed by atoms with van der Waals surface area (Å²) in [6, 6.07) is 0. The molecular weight excluding hydrogens is 274 g/mol. The number of ketones is 3. The molecule has 20 heavy (non-hydrogen) atoms. The van der Waals surface area contributed by atoms with Crippen LogP contribution in [0.3, 0.4) is 0 Å². The Bertz CT molecular complexity index is 560. The van der Waals surface area contributed by atoms with Crippen molar-refractivity contribution in [2.45, 2.75) is 52.0 Å². The van der Waals surface area contributed by atoms with Crippen molar-refractivity contribution in [1.82, 2.24) is 4.98 Å². The maximum atomic E-state index is 12.4. The van der Waals surface area contributed by atoms with Crippen LogP contribution < -0.4 is 0 Å². The summed E-state index contributed by atoms with van der Waals surface area (Å²) < 4.78 is 0. The lowest BCUT2D eigenvalue weighted by Gasteiger charge is -2.13. The Kier molecular flexibility index (Phi) is 5.34. The van der Waals surface area contributed by atoms with E-state index in [1.807, 2.05) is 0 Å². The van der Waals surface area contributed by atoms with Crippen molar-refractivity contribution in [2.24, 2.45) is 0 Å². The number of aromatic amines is 1. The maximum Gasteiger partial charge on any atom is 0.191 e. The molecule has 0 aromatic carbocycles. The molecule has 0 radical (unpaired) electrons. The van der Waals surface area contributed by atoms with Crippen LogP contribution >= 0.6 is 11.8 Å². The molecule has 2 atom stereocenters. The Labute approximate surface area is 123 Å². The molecule has 0 spiro atoms. The van der Waals surface area contributed by atoms with Gasteiger partial charge < -0.3 is 4.98 Å². The summed E-state index contributed by atoms with van der Waals surface area (Å²) >= 11 is 1.34. The molecule has 0 saturated heterocycles. The van der Waals surface area contributed by atoms with Gasteiger partial charge in [-0.1, -0.05) is 0 Å². The van der Waals surface area contributed by atoms with Crippen molar-refractivity contribution in [2.75, 3.05) is 0 Å². The van der Waals surface area contributed by atoms with Gasteiger partial charge in [0.2, 0.25) is 0 Å². The number of thioether (sulfide) groups is 1. The molecule has 110 valence electrons. The van der Waals surface area contributed by atoms with Gasteiger partial charge in [-0.25, -0.2) is 0 Å². The fourth-order valence-corrected chi connectivity index (χ4v) is 3.24. The van der Waals surface area contributed by atoms with E-state index in [0.717, 1.165) is 5.69 Å². The van der Waals surface area contributed by atoms with E-state index in [9.17, 15) is 14.4 Å². The van der Waals surface area contributed by atoms with Crippen molar-refractivity contribution in [3.05, 3.63) is 22.5 Å². The molecular formula is C15H21NO3S. The third-order valence-corrected chi connectivity index (χ3v) is 4.75. The summed E-state index contributed by atoms with van der Waals surface area (Å²) in [5.74, 6) is -0.0672. The Morgan fingerprint density at radius 2 is 1.60 bits per heavy atom. The van der Waals surface area contributed by atoms with Crippen LogP contribution in [-0.2, 0) is 4.79 Å². The number of carbonyl (C=O) groups is 3. The SMILES string of the molecule is CC(=O)c1c(C)[nH]c(C(=O)[C@H](C)S[C@H](C)C(C)=O)c1C. The summed E-state index contributed by atoms with van der Waals surface area (Å²) in [5.41, 5.74) is 2.48. The number of hydrogen-bond donors (Lipinski definition) is 1. The highest BCUT2D eigenvalue weighted by molar-refractivity contribution is 8.01. The van der Waals surface area contributed by atoms with E-state index in [0.29, 0.717) is 16.8 Å². The van der Waals surface area contributed by atoms with Gasteiger partial charge in [-0.2, -0.15) is 0 Å². The fourth-order valence-electron chi connectivity index (χ4n) is 2.19. The molecule has 1 aromatic rings. The molecule has 1 heterocycles. The van der Waals surface area contributed by atoms with Crippen molar-refractivity contribution in [3.8, 4) is 0 Å². The van der Waals surface area contributed by atoms with E-state index >= 15 is 0 Å². The van der Waals surface area contributed by atoms with Gasteiger partial charge in [0.1, 0.15) is 5.78 Å². The molecule has 1 aromatic heterocycles. The highest BCUT2D eigenvalue weighted by atomic mass is 32.2. The van der Waals surface area contributed by atoms with Crippen LogP contribution in [-0.4, -0.2) is 32.8 Å². The molecule has 1 N–H and O–H groups in total. The second-order valence-corrected chi connectivity index (χ2v) is 6.76. The van der Waals surface area contributed by atoms with Gasteiger partial charge in [0.05, 0.1) is 16.2 Å². The van der Waals surface area contributed by atoms with E-state index in [1.54, 1.807) is 27.7 Å². The van der Waals surface area contributed by atoms with Crippen LogP contribution in [0.2, 0.25) is 0 Å². The van der Waals surface area contributed by atoms with Crippen molar-refractivity contribution < 1.29 is 14.4 Å². The summed E-state index contributed by atoms with van der Waals surface area (Å²) in [6.45, 7) is 10.2. The summed E-state index contributed by atoms with van der Waals surface area (Å²) in [7, 11) is 0. The number of rotatable bonds is 6. The number of aromatic nitrogens is 1. The van der Waals surface area contributed by atoms with Crippen LogP contribution in [0.15, 0.2) is 0 Å². The van der Waals surface area contributed by atoms with Crippen LogP contribution in [0.1, 0.15) is 59.8 Å². The second-order valence-electron chi connectivity index (χ2n) is 5.08. The predicted molar refractivity (Wildman–Crippen MR) is 81.8 cm³/mol. The Morgan fingerprint density at radius 1 is 1.05 bits per heavy atom. The lowest BCUT2D eigenvalue weighted by molar-refractivity contribution is -0.116. The first-order chi connectivity index (χ1) is 9.16. The highest BCUT2D eigenvalue weighted by Crippen LogP contribution is 2.25. The zero-order valence-electron chi connectivity index (χ0n) is 12.8. The molecule has 1 rings (SSSR count). The predicted octanol–water partition coefficient (Wildman–Crippen LogP) is 3.12. The van der Waals surface area contributed by atoms with Crippen molar-refractivity contribution >= 4 is 29.1 Å². The minimum atomic E-state index is -0.328. The Hall–Kier alpha value is -1.36. The molecule has 5 heteroatoms. The third kappa shape index (κ3) is 3.39. The number of nitrogens with one attached hydrogen (secondary N) is 1. The summed E-state index contributed by atoms with van der Waals surface area (Å²) in [6.07, 6.45) is 0. The zero-order valence-corrected chi connectivity index (χ0v) is 13.6. The average molecular weight is 295 g/mol. The fraction of sp³-hybridized carbons (Fsp3) is 0.533. The van der Waals surface area contributed by atoms with Gasteiger partial charge in [0.15, 0.2) is 11.6 Å². The van der Waals surface area contributed by atoms with Gasteiger partial charge in [-0.3, -0.25) is 14.4 Å². The molecule has 0 bridgehead atoms. The first-order valence-corrected chi connectivity index (χ1v) is 7.51. The quantitative estimate of drug-likeness (QED) is 0.819. The minimum Gasteiger partial charge on any atom is -0.355 e. The van der Waals surface area contributed by atoms with E-state index in [1.165, 1.54) is 25.6 Å². The van der Waals surface area contributed by atoms with Gasteiger partial charge in [-0.05, 0) is 47.1 Å². The van der Waals surface area contributed by atoms with E-state index in [2.05, 4.69) is 4.98 Å². The minimum absolute atomic E-state index is 0.0484.